The minimum absolute atomic E-state index is 0.0400. The first kappa shape index (κ1) is 10.8. The van der Waals surface area contributed by atoms with Crippen LogP contribution < -0.4 is 5.32 Å². The van der Waals surface area contributed by atoms with Gasteiger partial charge in [-0.1, -0.05) is 11.3 Å². The van der Waals surface area contributed by atoms with Crippen LogP contribution in [0, 0.1) is 10.1 Å². The van der Waals surface area contributed by atoms with E-state index in [9.17, 15) is 10.1 Å². The summed E-state index contributed by atoms with van der Waals surface area (Å²) in [6.45, 7) is 0. The standard InChI is InChI=1S/C9H10N4O2S2/c14-13(15)8-7(10-6-1-3-16-5-6)11-9-12(8)2-4-17-9/h2,4,6,10H,1,3,5H2. The van der Waals surface area contributed by atoms with E-state index >= 15 is 0 Å². The van der Waals surface area contributed by atoms with E-state index in [2.05, 4.69) is 10.3 Å². The quantitative estimate of drug-likeness (QED) is 0.684. The fraction of sp³-hybridized carbons (Fsp3) is 0.444. The molecular weight excluding hydrogens is 260 g/mol. The summed E-state index contributed by atoms with van der Waals surface area (Å²) in [6, 6.07) is 0.295. The minimum Gasteiger partial charge on any atom is -0.359 e. The predicted octanol–water partition coefficient (Wildman–Crippen LogP) is 2.22. The highest BCUT2D eigenvalue weighted by Crippen LogP contribution is 2.30. The second-order valence-electron chi connectivity index (χ2n) is 3.80. The molecule has 3 rings (SSSR count). The Hall–Kier alpha value is -1.28. The third-order valence-electron chi connectivity index (χ3n) is 2.68. The van der Waals surface area contributed by atoms with Gasteiger partial charge in [-0.15, -0.1) is 0 Å². The van der Waals surface area contributed by atoms with Gasteiger partial charge in [0.05, 0.1) is 0 Å². The third kappa shape index (κ3) is 1.87. The average Bonchev–Trinajstić information content (AvgIpc) is 2.92. The number of hydrogen-bond acceptors (Lipinski definition) is 6. The molecule has 2 aromatic heterocycles. The van der Waals surface area contributed by atoms with E-state index in [4.69, 9.17) is 0 Å². The summed E-state index contributed by atoms with van der Waals surface area (Å²) in [7, 11) is 0. The Morgan fingerprint density at radius 1 is 1.65 bits per heavy atom. The maximum Gasteiger partial charge on any atom is 0.372 e. The number of rotatable bonds is 3. The van der Waals surface area contributed by atoms with Crippen LogP contribution in [0.2, 0.25) is 0 Å². The molecule has 1 aliphatic heterocycles. The summed E-state index contributed by atoms with van der Waals surface area (Å²) < 4.78 is 1.52. The fourth-order valence-corrected chi connectivity index (χ4v) is 3.75. The highest BCUT2D eigenvalue weighted by Gasteiger charge is 2.26. The molecule has 0 spiro atoms. The number of hydrogen-bond donors (Lipinski definition) is 1. The zero-order valence-corrected chi connectivity index (χ0v) is 10.5. The number of fused-ring (bicyclic) bond motifs is 1. The van der Waals surface area contributed by atoms with Gasteiger partial charge in [-0.3, -0.25) is 0 Å². The van der Waals surface area contributed by atoms with Crippen LogP contribution in [0.1, 0.15) is 6.42 Å². The maximum absolute atomic E-state index is 11.1. The Bertz CT molecular complexity index is 558. The van der Waals surface area contributed by atoms with Crippen molar-refractivity contribution in [2.45, 2.75) is 12.5 Å². The Morgan fingerprint density at radius 3 is 3.24 bits per heavy atom. The molecule has 0 aromatic carbocycles. The van der Waals surface area contributed by atoms with Crippen LogP contribution in [0.25, 0.3) is 4.96 Å². The molecule has 1 fully saturated rings. The van der Waals surface area contributed by atoms with E-state index in [0.29, 0.717) is 16.8 Å². The highest BCUT2D eigenvalue weighted by atomic mass is 32.2. The molecule has 1 saturated heterocycles. The van der Waals surface area contributed by atoms with E-state index in [1.54, 1.807) is 11.6 Å². The summed E-state index contributed by atoms with van der Waals surface area (Å²) in [5, 5.41) is 16.0. The molecule has 8 heteroatoms. The van der Waals surface area contributed by atoms with Crippen molar-refractivity contribution in [1.29, 1.82) is 0 Å². The molecule has 1 N–H and O–H groups in total. The van der Waals surface area contributed by atoms with Crippen molar-refractivity contribution in [3.8, 4) is 0 Å². The second-order valence-corrected chi connectivity index (χ2v) is 5.82. The predicted molar refractivity (Wildman–Crippen MR) is 69.1 cm³/mol. The normalized spacial score (nSPS) is 19.9. The fourth-order valence-electron chi connectivity index (χ4n) is 1.89. The van der Waals surface area contributed by atoms with Gasteiger partial charge < -0.3 is 15.4 Å². The molecule has 0 aliphatic carbocycles. The van der Waals surface area contributed by atoms with Gasteiger partial charge in [0.15, 0.2) is 0 Å². The number of aromatic nitrogens is 2. The Kier molecular flexibility index (Phi) is 2.67. The van der Waals surface area contributed by atoms with Gasteiger partial charge >= 0.3 is 5.82 Å². The van der Waals surface area contributed by atoms with Crippen molar-refractivity contribution in [1.82, 2.24) is 9.38 Å². The first-order chi connectivity index (χ1) is 8.25. The van der Waals surface area contributed by atoms with Crippen LogP contribution >= 0.6 is 23.1 Å². The van der Waals surface area contributed by atoms with Gasteiger partial charge in [-0.25, -0.2) is 0 Å². The van der Waals surface area contributed by atoms with E-state index in [-0.39, 0.29) is 10.7 Å². The Morgan fingerprint density at radius 2 is 2.53 bits per heavy atom. The molecule has 90 valence electrons. The lowest BCUT2D eigenvalue weighted by Gasteiger charge is -2.09. The van der Waals surface area contributed by atoms with E-state index in [0.717, 1.165) is 17.9 Å². The molecule has 6 nitrogen and oxygen atoms in total. The lowest BCUT2D eigenvalue weighted by atomic mass is 10.3. The van der Waals surface area contributed by atoms with Crippen LogP contribution in [0.3, 0.4) is 0 Å². The molecule has 1 aliphatic rings. The first-order valence-corrected chi connectivity index (χ1v) is 7.23. The first-order valence-electron chi connectivity index (χ1n) is 5.20. The topological polar surface area (TPSA) is 72.5 Å². The lowest BCUT2D eigenvalue weighted by Crippen LogP contribution is -2.19. The summed E-state index contributed by atoms with van der Waals surface area (Å²) in [5.74, 6) is 2.53. The largest absolute Gasteiger partial charge is 0.372 e. The third-order valence-corrected chi connectivity index (χ3v) is 4.60. The molecule has 0 amide bonds. The van der Waals surface area contributed by atoms with Gasteiger partial charge in [0.25, 0.3) is 4.96 Å². The molecule has 3 heterocycles. The van der Waals surface area contributed by atoms with Crippen LogP contribution in [-0.2, 0) is 0 Å². The summed E-state index contributed by atoms with van der Waals surface area (Å²) in [6.07, 6.45) is 2.71. The summed E-state index contributed by atoms with van der Waals surface area (Å²) >= 11 is 3.26. The smallest absolute Gasteiger partial charge is 0.359 e. The van der Waals surface area contributed by atoms with Gasteiger partial charge in [-0.2, -0.15) is 21.1 Å². The maximum atomic E-state index is 11.1. The van der Waals surface area contributed by atoms with Crippen LogP contribution in [0.5, 0.6) is 0 Å². The number of nitrogens with one attached hydrogen (secondary N) is 1. The van der Waals surface area contributed by atoms with Crippen LogP contribution in [-0.4, -0.2) is 31.9 Å². The summed E-state index contributed by atoms with van der Waals surface area (Å²) in [5.41, 5.74) is 0. The zero-order valence-electron chi connectivity index (χ0n) is 8.83. The Balaban J connectivity index is 1.99. The number of imidazole rings is 1. The van der Waals surface area contributed by atoms with Crippen LogP contribution in [0.4, 0.5) is 11.6 Å². The molecule has 17 heavy (non-hydrogen) atoms. The van der Waals surface area contributed by atoms with Crippen molar-refractivity contribution >= 4 is 39.7 Å². The zero-order chi connectivity index (χ0) is 11.8. The van der Waals surface area contributed by atoms with Crippen molar-refractivity contribution < 1.29 is 4.92 Å². The lowest BCUT2D eigenvalue weighted by molar-refractivity contribution is -0.389. The van der Waals surface area contributed by atoms with E-state index in [1.165, 1.54) is 15.7 Å². The average molecular weight is 270 g/mol. The van der Waals surface area contributed by atoms with Gasteiger partial charge in [0.2, 0.25) is 5.82 Å². The van der Waals surface area contributed by atoms with Gasteiger partial charge in [-0.05, 0) is 17.1 Å². The monoisotopic (exact) mass is 270 g/mol. The number of nitrogens with zero attached hydrogens (tertiary/aromatic N) is 3. The summed E-state index contributed by atoms with van der Waals surface area (Å²) in [4.78, 5) is 15.6. The van der Waals surface area contributed by atoms with Gasteiger partial charge in [0.1, 0.15) is 6.20 Å². The van der Waals surface area contributed by atoms with Crippen molar-refractivity contribution in [2.75, 3.05) is 16.8 Å². The number of thioether (sulfide) groups is 1. The SMILES string of the molecule is O=[N+]([O-])c1c(NC2CCSC2)nc2sccn12. The van der Waals surface area contributed by atoms with Crippen molar-refractivity contribution in [3.63, 3.8) is 0 Å². The van der Waals surface area contributed by atoms with Crippen molar-refractivity contribution in [2.24, 2.45) is 0 Å². The molecule has 2 aromatic rings. The molecular formula is C9H10N4O2S2. The van der Waals surface area contributed by atoms with E-state index in [1.807, 2.05) is 11.8 Å². The second kappa shape index (κ2) is 4.19. The number of anilines is 1. The molecule has 0 radical (unpaired) electrons. The minimum atomic E-state index is -0.378. The number of thiazole rings is 1. The molecule has 1 unspecified atom stereocenters. The molecule has 0 saturated carbocycles. The highest BCUT2D eigenvalue weighted by molar-refractivity contribution is 7.99. The molecule has 1 atom stereocenters. The number of nitro groups is 1. The van der Waals surface area contributed by atoms with E-state index < -0.39 is 0 Å². The van der Waals surface area contributed by atoms with Crippen LogP contribution in [0.15, 0.2) is 11.6 Å². The molecule has 0 bridgehead atoms. The Labute approximate surface area is 105 Å². The van der Waals surface area contributed by atoms with Gasteiger partial charge in [0, 0.05) is 17.2 Å². The van der Waals surface area contributed by atoms with Crippen molar-refractivity contribution in [3.05, 3.63) is 21.7 Å².